The zero-order valence-corrected chi connectivity index (χ0v) is 18.0. The van der Waals surface area contributed by atoms with E-state index in [1.54, 1.807) is 6.07 Å². The minimum Gasteiger partial charge on any atom is -0.454 e. The summed E-state index contributed by atoms with van der Waals surface area (Å²) in [4.78, 5) is 5.18. The van der Waals surface area contributed by atoms with Crippen LogP contribution < -0.4 is 4.90 Å². The number of hydrogen-bond donors (Lipinski definition) is 0. The lowest BCUT2D eigenvalue weighted by Gasteiger charge is -2.37. The Morgan fingerprint density at radius 3 is 2.39 bits per heavy atom. The molecule has 3 nitrogen and oxygen atoms in total. The first-order valence-corrected chi connectivity index (χ1v) is 10.4. The number of benzene rings is 2. The van der Waals surface area contributed by atoms with Gasteiger partial charge in [0.2, 0.25) is 0 Å². The molecule has 2 aromatic carbocycles. The van der Waals surface area contributed by atoms with Crippen LogP contribution in [0.15, 0.2) is 59.0 Å². The van der Waals surface area contributed by atoms with Crippen LogP contribution in [0.3, 0.4) is 0 Å². The van der Waals surface area contributed by atoms with Crippen molar-refractivity contribution < 1.29 is 4.42 Å². The summed E-state index contributed by atoms with van der Waals surface area (Å²) < 4.78 is 5.99. The smallest absolute Gasteiger partial charge is 0.162 e. The zero-order valence-electron chi connectivity index (χ0n) is 14.9. The number of nitrogens with zero attached hydrogens (tertiary/aromatic N) is 2. The molecule has 0 amide bonds. The molecule has 1 aromatic heterocycles. The van der Waals surface area contributed by atoms with E-state index in [0.717, 1.165) is 42.5 Å². The summed E-state index contributed by atoms with van der Waals surface area (Å²) in [6, 6.07) is 17.2. The molecular weight excluding hydrogens is 435 g/mol. The summed E-state index contributed by atoms with van der Waals surface area (Å²) in [6.45, 7) is 3.38. The van der Waals surface area contributed by atoms with Gasteiger partial charge >= 0.3 is 0 Å². The minimum atomic E-state index is 0.478. The van der Waals surface area contributed by atoms with Gasteiger partial charge in [0, 0.05) is 42.5 Å². The van der Waals surface area contributed by atoms with Gasteiger partial charge in [-0.1, -0.05) is 59.2 Å². The van der Waals surface area contributed by atoms with E-state index in [1.165, 1.54) is 0 Å². The van der Waals surface area contributed by atoms with Crippen LogP contribution in [-0.4, -0.2) is 36.1 Å². The lowest BCUT2D eigenvalue weighted by atomic mass is 10.2. The van der Waals surface area contributed by atoms with Crippen LogP contribution in [0.5, 0.6) is 0 Å². The fraction of sp³-hybridized carbons (Fsp3) is 0.190. The summed E-state index contributed by atoms with van der Waals surface area (Å²) in [5.74, 6) is 1.32. The van der Waals surface area contributed by atoms with Crippen molar-refractivity contribution in [3.05, 3.63) is 75.4 Å². The van der Waals surface area contributed by atoms with E-state index in [4.69, 9.17) is 51.4 Å². The molecule has 1 fully saturated rings. The maximum atomic E-state index is 6.30. The number of furan rings is 1. The zero-order chi connectivity index (χ0) is 19.7. The molecule has 7 heteroatoms. The maximum Gasteiger partial charge on any atom is 0.162 e. The van der Waals surface area contributed by atoms with Crippen LogP contribution >= 0.6 is 47.0 Å². The van der Waals surface area contributed by atoms with Crippen molar-refractivity contribution in [2.45, 2.75) is 0 Å². The van der Waals surface area contributed by atoms with Crippen molar-refractivity contribution in [3.8, 4) is 11.3 Å². The van der Waals surface area contributed by atoms with Gasteiger partial charge in [0.15, 0.2) is 5.76 Å². The van der Waals surface area contributed by atoms with E-state index in [9.17, 15) is 0 Å². The van der Waals surface area contributed by atoms with E-state index in [2.05, 4.69) is 15.9 Å². The first-order chi connectivity index (χ1) is 13.5. The van der Waals surface area contributed by atoms with Gasteiger partial charge in [-0.15, -0.1) is 0 Å². The van der Waals surface area contributed by atoms with Gasteiger partial charge < -0.3 is 14.2 Å². The van der Waals surface area contributed by atoms with Gasteiger partial charge in [-0.3, -0.25) is 0 Å². The van der Waals surface area contributed by atoms with Crippen LogP contribution in [0, 0.1) is 0 Å². The van der Waals surface area contributed by atoms with Crippen molar-refractivity contribution >= 4 is 57.7 Å². The molecule has 1 aliphatic rings. The summed E-state index contributed by atoms with van der Waals surface area (Å²) in [5, 5.41) is 1.72. The number of anilines is 1. The second-order valence-corrected chi connectivity index (χ2v) is 8.13. The van der Waals surface area contributed by atoms with Gasteiger partial charge in [0.05, 0.1) is 10.0 Å². The van der Waals surface area contributed by atoms with Crippen LogP contribution in [0.4, 0.5) is 5.69 Å². The molecule has 28 heavy (non-hydrogen) atoms. The summed E-state index contributed by atoms with van der Waals surface area (Å²) in [6.07, 6.45) is 0. The first kappa shape index (κ1) is 19.6. The van der Waals surface area contributed by atoms with Crippen LogP contribution in [0.25, 0.3) is 11.3 Å². The van der Waals surface area contributed by atoms with E-state index < -0.39 is 0 Å². The van der Waals surface area contributed by atoms with E-state index in [0.29, 0.717) is 26.6 Å². The Bertz CT molecular complexity index is 1010. The lowest BCUT2D eigenvalue weighted by Crippen LogP contribution is -2.48. The molecule has 1 saturated heterocycles. The topological polar surface area (TPSA) is 19.6 Å². The van der Waals surface area contributed by atoms with E-state index in [1.807, 2.05) is 42.5 Å². The molecule has 0 spiro atoms. The molecule has 2 heterocycles. The third kappa shape index (κ3) is 4.01. The highest BCUT2D eigenvalue weighted by atomic mass is 35.5. The summed E-state index contributed by atoms with van der Waals surface area (Å²) in [5.41, 5.74) is 1.89. The fourth-order valence-electron chi connectivity index (χ4n) is 3.29. The van der Waals surface area contributed by atoms with E-state index in [-0.39, 0.29) is 0 Å². The normalized spacial score (nSPS) is 14.4. The summed E-state index contributed by atoms with van der Waals surface area (Å²) >= 11 is 24.2. The van der Waals surface area contributed by atoms with Crippen molar-refractivity contribution in [3.63, 3.8) is 0 Å². The first-order valence-electron chi connectivity index (χ1n) is 8.87. The minimum absolute atomic E-state index is 0.478. The standard InChI is InChI=1S/C21H17Cl3N2OS/c22-14-3-1-4-15(13-14)25-9-11-26(12-10-25)21(28)19-8-7-18(27-19)16-5-2-6-17(23)20(16)24/h1-8,13H,9-12H2. The van der Waals surface area contributed by atoms with Crippen molar-refractivity contribution in [1.29, 1.82) is 0 Å². The highest BCUT2D eigenvalue weighted by Crippen LogP contribution is 2.34. The molecule has 0 bridgehead atoms. The number of hydrogen-bond acceptors (Lipinski definition) is 3. The molecule has 1 aliphatic heterocycles. The van der Waals surface area contributed by atoms with Crippen LogP contribution in [0.2, 0.25) is 15.1 Å². The molecule has 144 valence electrons. The fourth-order valence-corrected chi connectivity index (χ4v) is 4.16. The highest BCUT2D eigenvalue weighted by Gasteiger charge is 2.22. The third-order valence-corrected chi connectivity index (χ3v) is 6.29. The molecule has 4 rings (SSSR count). The van der Waals surface area contributed by atoms with Gasteiger partial charge in [-0.05, 0) is 42.5 Å². The van der Waals surface area contributed by atoms with Crippen molar-refractivity contribution in [2.75, 3.05) is 31.1 Å². The second-order valence-electron chi connectivity index (χ2n) is 6.52. The average molecular weight is 452 g/mol. The molecule has 3 aromatic rings. The monoisotopic (exact) mass is 450 g/mol. The molecule has 0 radical (unpaired) electrons. The Morgan fingerprint density at radius 2 is 1.64 bits per heavy atom. The van der Waals surface area contributed by atoms with Gasteiger partial charge in [-0.2, -0.15) is 0 Å². The number of piperazine rings is 1. The highest BCUT2D eigenvalue weighted by molar-refractivity contribution is 7.80. The molecule has 0 N–H and O–H groups in total. The van der Waals surface area contributed by atoms with Crippen LogP contribution in [-0.2, 0) is 0 Å². The molecule has 0 saturated carbocycles. The molecule has 0 unspecified atom stereocenters. The quantitative estimate of drug-likeness (QED) is 0.429. The second kappa shape index (κ2) is 8.34. The predicted octanol–water partition coefficient (Wildman–Crippen LogP) is 6.40. The Labute approximate surface area is 184 Å². The van der Waals surface area contributed by atoms with Gasteiger partial charge in [0.25, 0.3) is 0 Å². The number of rotatable bonds is 3. The molecule has 0 aliphatic carbocycles. The van der Waals surface area contributed by atoms with E-state index >= 15 is 0 Å². The van der Waals surface area contributed by atoms with Gasteiger partial charge in [-0.25, -0.2) is 0 Å². The number of halogens is 3. The Kier molecular flexibility index (Phi) is 5.83. The maximum absolute atomic E-state index is 6.30. The van der Waals surface area contributed by atoms with Crippen molar-refractivity contribution in [2.24, 2.45) is 0 Å². The Hall–Kier alpha value is -1.72. The largest absolute Gasteiger partial charge is 0.454 e. The van der Waals surface area contributed by atoms with Gasteiger partial charge in [0.1, 0.15) is 10.7 Å². The predicted molar refractivity (Wildman–Crippen MR) is 121 cm³/mol. The number of thiocarbonyl (C=S) groups is 1. The van der Waals surface area contributed by atoms with Crippen molar-refractivity contribution in [1.82, 2.24) is 4.90 Å². The molecular formula is C21H17Cl3N2OS. The Balaban J connectivity index is 1.45. The third-order valence-electron chi connectivity index (χ3n) is 4.77. The molecule has 0 atom stereocenters. The Morgan fingerprint density at radius 1 is 0.893 bits per heavy atom. The van der Waals surface area contributed by atoms with Crippen LogP contribution in [0.1, 0.15) is 5.76 Å². The SMILES string of the molecule is S=C(c1ccc(-c2cccc(Cl)c2Cl)o1)N1CCN(c2cccc(Cl)c2)CC1. The average Bonchev–Trinajstić information content (AvgIpc) is 3.19. The lowest BCUT2D eigenvalue weighted by molar-refractivity contribution is 0.385. The summed E-state index contributed by atoms with van der Waals surface area (Å²) in [7, 11) is 0.